The van der Waals surface area contributed by atoms with Crippen LogP contribution in [0.15, 0.2) is 29.3 Å². The summed E-state index contributed by atoms with van der Waals surface area (Å²) >= 11 is 1.80. The minimum atomic E-state index is 0. The van der Waals surface area contributed by atoms with Gasteiger partial charge in [-0.2, -0.15) is 11.8 Å². The smallest absolute Gasteiger partial charge is 0.227 e. The quantitative estimate of drug-likeness (QED) is 0.219. The second-order valence-electron chi connectivity index (χ2n) is 5.61. The maximum Gasteiger partial charge on any atom is 0.227 e. The number of carbonyl (C=O) groups excluding carboxylic acids is 1. The van der Waals surface area contributed by atoms with Gasteiger partial charge in [-0.05, 0) is 37.3 Å². The molecule has 25 heavy (non-hydrogen) atoms. The van der Waals surface area contributed by atoms with Crippen LogP contribution >= 0.6 is 35.7 Å². The maximum absolute atomic E-state index is 12.0. The number of thioether (sulfide) groups is 1. The zero-order valence-electron chi connectivity index (χ0n) is 15.6. The SMILES string of the molecule is CCNC(=NCc1cccc(NC(=O)C(C)CC)c1)NCCSC.I. The highest BCUT2D eigenvalue weighted by molar-refractivity contribution is 14.0. The Hall–Kier alpha value is -0.960. The first-order valence-electron chi connectivity index (χ1n) is 8.51. The molecular formula is C18H31IN4OS. The Bertz CT molecular complexity index is 540. The van der Waals surface area contributed by atoms with Gasteiger partial charge in [0, 0.05) is 30.4 Å². The highest BCUT2D eigenvalue weighted by atomic mass is 127. The standard InChI is InChI=1S/C18H30N4OS.HI/c1-5-14(3)17(23)22-16-9-7-8-15(12-16)13-21-18(19-6-2)20-10-11-24-4;/h7-9,12,14H,5-6,10-11,13H2,1-4H3,(H,22,23)(H2,19,20,21);1H. The lowest BCUT2D eigenvalue weighted by molar-refractivity contribution is -0.119. The number of hydrogen-bond donors (Lipinski definition) is 3. The van der Waals surface area contributed by atoms with E-state index in [1.807, 2.05) is 38.1 Å². The molecule has 7 heteroatoms. The van der Waals surface area contributed by atoms with E-state index in [-0.39, 0.29) is 35.8 Å². The topological polar surface area (TPSA) is 65.5 Å². The van der Waals surface area contributed by atoms with E-state index in [4.69, 9.17) is 0 Å². The zero-order valence-corrected chi connectivity index (χ0v) is 18.7. The lowest BCUT2D eigenvalue weighted by atomic mass is 10.1. The Morgan fingerprint density at radius 2 is 2.04 bits per heavy atom. The van der Waals surface area contributed by atoms with E-state index < -0.39 is 0 Å². The van der Waals surface area contributed by atoms with Crippen LogP contribution in [0.3, 0.4) is 0 Å². The van der Waals surface area contributed by atoms with Crippen LogP contribution in [0, 0.1) is 5.92 Å². The molecule has 0 heterocycles. The highest BCUT2D eigenvalue weighted by Crippen LogP contribution is 2.13. The van der Waals surface area contributed by atoms with Crippen LogP contribution in [0.5, 0.6) is 0 Å². The molecule has 1 unspecified atom stereocenters. The van der Waals surface area contributed by atoms with E-state index in [1.54, 1.807) is 11.8 Å². The molecule has 5 nitrogen and oxygen atoms in total. The molecule has 0 aliphatic carbocycles. The van der Waals surface area contributed by atoms with Gasteiger partial charge in [0.05, 0.1) is 6.54 Å². The van der Waals surface area contributed by atoms with Crippen LogP contribution < -0.4 is 16.0 Å². The van der Waals surface area contributed by atoms with Crippen LogP contribution in [-0.4, -0.2) is 37.0 Å². The second kappa shape index (κ2) is 14.2. The fourth-order valence-corrected chi connectivity index (χ4v) is 2.29. The van der Waals surface area contributed by atoms with Crippen LogP contribution in [0.2, 0.25) is 0 Å². The average Bonchev–Trinajstić information content (AvgIpc) is 2.59. The van der Waals surface area contributed by atoms with Crippen LogP contribution in [0.1, 0.15) is 32.8 Å². The Morgan fingerprint density at radius 1 is 1.28 bits per heavy atom. The van der Waals surface area contributed by atoms with Crippen LogP contribution in [0.4, 0.5) is 5.69 Å². The molecule has 0 aliphatic heterocycles. The number of carbonyl (C=O) groups is 1. The van der Waals surface area contributed by atoms with Crippen molar-refractivity contribution in [2.24, 2.45) is 10.9 Å². The van der Waals surface area contributed by atoms with Crippen molar-refractivity contribution >= 4 is 53.3 Å². The lowest BCUT2D eigenvalue weighted by Gasteiger charge is -2.12. The molecular weight excluding hydrogens is 447 g/mol. The van der Waals surface area contributed by atoms with E-state index >= 15 is 0 Å². The molecule has 0 radical (unpaired) electrons. The normalized spacial score (nSPS) is 12.1. The lowest BCUT2D eigenvalue weighted by Crippen LogP contribution is -2.38. The van der Waals surface area contributed by atoms with Gasteiger partial charge in [-0.3, -0.25) is 4.79 Å². The fourth-order valence-electron chi connectivity index (χ4n) is 1.98. The number of guanidine groups is 1. The molecule has 1 amide bonds. The molecule has 0 fully saturated rings. The number of rotatable bonds is 9. The van der Waals surface area contributed by atoms with Gasteiger partial charge in [-0.15, -0.1) is 24.0 Å². The van der Waals surface area contributed by atoms with E-state index in [9.17, 15) is 4.79 Å². The summed E-state index contributed by atoms with van der Waals surface area (Å²) < 4.78 is 0. The number of halogens is 1. The minimum absolute atomic E-state index is 0. The van der Waals surface area contributed by atoms with Crippen LogP contribution in [0.25, 0.3) is 0 Å². The third-order valence-corrected chi connectivity index (χ3v) is 4.23. The first kappa shape index (κ1) is 24.0. The number of hydrogen-bond acceptors (Lipinski definition) is 3. The Morgan fingerprint density at radius 3 is 2.68 bits per heavy atom. The zero-order chi connectivity index (χ0) is 17.8. The first-order valence-corrected chi connectivity index (χ1v) is 9.91. The highest BCUT2D eigenvalue weighted by Gasteiger charge is 2.10. The third kappa shape index (κ3) is 9.94. The van der Waals surface area contributed by atoms with Crippen molar-refractivity contribution in [2.45, 2.75) is 33.7 Å². The maximum atomic E-state index is 12.0. The van der Waals surface area contributed by atoms with E-state index in [0.717, 1.165) is 42.5 Å². The summed E-state index contributed by atoms with van der Waals surface area (Å²) in [5, 5.41) is 9.52. The molecule has 142 valence electrons. The molecule has 1 aromatic carbocycles. The van der Waals surface area contributed by atoms with Crippen molar-refractivity contribution in [1.29, 1.82) is 0 Å². The van der Waals surface area contributed by atoms with Gasteiger partial charge in [0.2, 0.25) is 5.91 Å². The fraction of sp³-hybridized carbons (Fsp3) is 0.556. The first-order chi connectivity index (χ1) is 11.6. The van der Waals surface area contributed by atoms with E-state index in [2.05, 4.69) is 34.1 Å². The predicted octanol–water partition coefficient (Wildman–Crippen LogP) is 3.71. The number of nitrogens with zero attached hydrogens (tertiary/aromatic N) is 1. The number of amides is 1. The van der Waals surface area contributed by atoms with Gasteiger partial charge in [0.1, 0.15) is 0 Å². The summed E-state index contributed by atoms with van der Waals surface area (Å²) in [5.41, 5.74) is 1.90. The number of anilines is 1. The monoisotopic (exact) mass is 478 g/mol. The number of benzene rings is 1. The number of aliphatic imine (C=N–C) groups is 1. The molecule has 1 aromatic rings. The Balaban J connectivity index is 0.00000576. The van der Waals surface area contributed by atoms with Crippen molar-refractivity contribution in [3.8, 4) is 0 Å². The molecule has 3 N–H and O–H groups in total. The van der Waals surface area contributed by atoms with Crippen molar-refractivity contribution in [2.75, 3.05) is 30.4 Å². The van der Waals surface area contributed by atoms with Gasteiger partial charge in [-0.1, -0.05) is 26.0 Å². The van der Waals surface area contributed by atoms with Crippen molar-refractivity contribution < 1.29 is 4.79 Å². The van der Waals surface area contributed by atoms with Gasteiger partial charge >= 0.3 is 0 Å². The van der Waals surface area contributed by atoms with Gasteiger partial charge < -0.3 is 16.0 Å². The summed E-state index contributed by atoms with van der Waals surface area (Å²) in [7, 11) is 0. The van der Waals surface area contributed by atoms with E-state index in [0.29, 0.717) is 6.54 Å². The minimum Gasteiger partial charge on any atom is -0.357 e. The molecule has 0 spiro atoms. The third-order valence-electron chi connectivity index (χ3n) is 3.62. The number of nitrogens with one attached hydrogen (secondary N) is 3. The van der Waals surface area contributed by atoms with Crippen molar-refractivity contribution in [3.05, 3.63) is 29.8 Å². The average molecular weight is 478 g/mol. The molecule has 0 saturated carbocycles. The molecule has 0 bridgehead atoms. The van der Waals surface area contributed by atoms with E-state index in [1.165, 1.54) is 0 Å². The van der Waals surface area contributed by atoms with Crippen molar-refractivity contribution in [3.63, 3.8) is 0 Å². The molecule has 0 saturated heterocycles. The summed E-state index contributed by atoms with van der Waals surface area (Å²) in [6, 6.07) is 7.86. The molecule has 0 aliphatic rings. The molecule has 1 rings (SSSR count). The molecule has 1 atom stereocenters. The van der Waals surface area contributed by atoms with Crippen molar-refractivity contribution in [1.82, 2.24) is 10.6 Å². The largest absolute Gasteiger partial charge is 0.357 e. The predicted molar refractivity (Wildman–Crippen MR) is 121 cm³/mol. The van der Waals surface area contributed by atoms with Gasteiger partial charge in [0.15, 0.2) is 5.96 Å². The summed E-state index contributed by atoms with van der Waals surface area (Å²) in [6.45, 7) is 8.29. The van der Waals surface area contributed by atoms with Gasteiger partial charge in [-0.25, -0.2) is 4.99 Å². The van der Waals surface area contributed by atoms with Crippen LogP contribution in [-0.2, 0) is 11.3 Å². The summed E-state index contributed by atoms with van der Waals surface area (Å²) in [5.74, 6) is 1.94. The van der Waals surface area contributed by atoms with Gasteiger partial charge in [0.25, 0.3) is 0 Å². The Kier molecular flexibility index (Phi) is 13.7. The summed E-state index contributed by atoms with van der Waals surface area (Å²) in [4.78, 5) is 16.6. The second-order valence-corrected chi connectivity index (χ2v) is 6.60. The molecule has 0 aromatic heterocycles. The summed E-state index contributed by atoms with van der Waals surface area (Å²) in [6.07, 6.45) is 2.93. The Labute approximate surface area is 173 Å².